The quantitative estimate of drug-likeness (QED) is 0.710. The Kier molecular flexibility index (Phi) is 5.37. The van der Waals surface area contributed by atoms with Crippen LogP contribution in [0.15, 0.2) is 18.2 Å². The van der Waals surface area contributed by atoms with Crippen molar-refractivity contribution in [1.82, 2.24) is 4.90 Å². The fourth-order valence-electron chi connectivity index (χ4n) is 3.67. The Bertz CT molecular complexity index is 811. The average Bonchev–Trinajstić information content (AvgIpc) is 2.96. The zero-order chi connectivity index (χ0) is 21.8. The van der Waals surface area contributed by atoms with E-state index in [-0.39, 0.29) is 11.9 Å². The van der Waals surface area contributed by atoms with Crippen LogP contribution in [0.25, 0.3) is 0 Å². The third kappa shape index (κ3) is 3.95. The summed E-state index contributed by atoms with van der Waals surface area (Å²) < 4.78 is 17.8. The number of fused-ring (bicyclic) bond motifs is 1. The van der Waals surface area contributed by atoms with Gasteiger partial charge in [0.15, 0.2) is 0 Å². The molecule has 1 aromatic carbocycles. The van der Waals surface area contributed by atoms with Gasteiger partial charge >= 0.3 is 13.2 Å². The molecule has 1 aromatic rings. The molecule has 0 spiro atoms. The second-order valence-electron chi connectivity index (χ2n) is 9.89. The number of ether oxygens (including phenoxy) is 1. The van der Waals surface area contributed by atoms with E-state index in [0.29, 0.717) is 12.0 Å². The summed E-state index contributed by atoms with van der Waals surface area (Å²) in [6.07, 6.45) is 0.900. The molecule has 1 saturated heterocycles. The third-order valence-electron chi connectivity index (χ3n) is 5.87. The molecule has 2 aliphatic rings. The Balaban J connectivity index is 1.95. The Hall–Kier alpha value is -1.86. The van der Waals surface area contributed by atoms with Crippen molar-refractivity contribution < 1.29 is 23.6 Å². The van der Waals surface area contributed by atoms with Gasteiger partial charge in [-0.25, -0.2) is 9.69 Å². The third-order valence-corrected chi connectivity index (χ3v) is 5.87. The highest BCUT2D eigenvalue weighted by Gasteiger charge is 2.52. The normalized spacial score (nSPS) is 22.8. The number of nitrogens with zero attached hydrogens (tertiary/aromatic N) is 1. The van der Waals surface area contributed by atoms with E-state index in [2.05, 4.69) is 0 Å². The fourth-order valence-corrected chi connectivity index (χ4v) is 3.67. The van der Waals surface area contributed by atoms with Gasteiger partial charge in [0.25, 0.3) is 5.91 Å². The average molecular weight is 401 g/mol. The molecule has 2 amide bonds. The lowest BCUT2D eigenvalue weighted by Gasteiger charge is -2.32. The van der Waals surface area contributed by atoms with Gasteiger partial charge in [-0.1, -0.05) is 25.5 Å². The van der Waals surface area contributed by atoms with Crippen molar-refractivity contribution in [3.05, 3.63) is 29.3 Å². The van der Waals surface area contributed by atoms with Crippen molar-refractivity contribution in [2.24, 2.45) is 0 Å². The SMILES string of the molecule is CCC[C@@H]1c2cc(B3OC(C)(C)C(C)(C)O3)ccc2C(=O)N1C(=O)OC(C)(C)C. The van der Waals surface area contributed by atoms with Gasteiger partial charge in [-0.3, -0.25) is 4.79 Å². The van der Waals surface area contributed by atoms with Gasteiger partial charge in [0.05, 0.1) is 17.2 Å². The molecule has 0 unspecified atom stereocenters. The Morgan fingerprint density at radius 2 is 1.76 bits per heavy atom. The lowest BCUT2D eigenvalue weighted by atomic mass is 9.77. The van der Waals surface area contributed by atoms with Gasteiger partial charge in [-0.2, -0.15) is 0 Å². The van der Waals surface area contributed by atoms with Crippen LogP contribution in [0.5, 0.6) is 0 Å². The predicted octanol–water partition coefficient (Wildman–Crippen LogP) is 4.22. The number of carbonyl (C=O) groups excluding carboxylic acids is 2. The van der Waals surface area contributed by atoms with E-state index >= 15 is 0 Å². The number of hydrogen-bond donors (Lipinski definition) is 0. The first-order valence-corrected chi connectivity index (χ1v) is 10.3. The van der Waals surface area contributed by atoms with Crippen LogP contribution in [0.4, 0.5) is 4.79 Å². The standard InChI is InChI=1S/C22H32BNO5/c1-9-10-17-16-13-14(23-28-21(5,6)22(7,8)29-23)11-12-15(16)18(25)24(17)19(26)27-20(2,3)4/h11-13,17H,9-10H2,1-8H3/t17-/m1/s1. The lowest BCUT2D eigenvalue weighted by Crippen LogP contribution is -2.41. The number of imide groups is 1. The molecule has 0 aromatic heterocycles. The van der Waals surface area contributed by atoms with Gasteiger partial charge in [0.2, 0.25) is 0 Å². The first kappa shape index (κ1) is 21.8. The molecular formula is C22H32BNO5. The smallest absolute Gasteiger partial charge is 0.443 e. The molecule has 0 bridgehead atoms. The maximum Gasteiger partial charge on any atom is 0.494 e. The molecule has 2 aliphatic heterocycles. The summed E-state index contributed by atoms with van der Waals surface area (Å²) in [4.78, 5) is 27.0. The van der Waals surface area contributed by atoms with E-state index in [9.17, 15) is 9.59 Å². The first-order valence-electron chi connectivity index (χ1n) is 10.3. The van der Waals surface area contributed by atoms with E-state index in [4.69, 9.17) is 14.0 Å². The molecule has 0 radical (unpaired) electrons. The van der Waals surface area contributed by atoms with Crippen LogP contribution in [0.2, 0.25) is 0 Å². The monoisotopic (exact) mass is 401 g/mol. The number of hydrogen-bond acceptors (Lipinski definition) is 5. The van der Waals surface area contributed by atoms with Crippen molar-refractivity contribution in [2.45, 2.75) is 91.1 Å². The van der Waals surface area contributed by atoms with Crippen LogP contribution >= 0.6 is 0 Å². The topological polar surface area (TPSA) is 65.1 Å². The molecule has 2 heterocycles. The van der Waals surface area contributed by atoms with E-state index in [1.807, 2.05) is 46.8 Å². The maximum atomic E-state index is 13.0. The molecule has 6 nitrogen and oxygen atoms in total. The fraction of sp³-hybridized carbons (Fsp3) is 0.636. The summed E-state index contributed by atoms with van der Waals surface area (Å²) in [6.45, 7) is 15.5. The second kappa shape index (κ2) is 7.13. The molecule has 158 valence electrons. The van der Waals surface area contributed by atoms with Gasteiger partial charge in [-0.15, -0.1) is 0 Å². The van der Waals surface area contributed by atoms with Crippen molar-refractivity contribution in [1.29, 1.82) is 0 Å². The Morgan fingerprint density at radius 1 is 1.17 bits per heavy atom. The predicted molar refractivity (Wildman–Crippen MR) is 112 cm³/mol. The number of amides is 2. The highest BCUT2D eigenvalue weighted by Crippen LogP contribution is 2.39. The minimum absolute atomic E-state index is 0.312. The van der Waals surface area contributed by atoms with E-state index in [1.54, 1.807) is 26.8 Å². The molecule has 0 N–H and O–H groups in total. The summed E-state index contributed by atoms with van der Waals surface area (Å²) in [6, 6.07) is 5.21. The number of carbonyl (C=O) groups is 2. The maximum absolute atomic E-state index is 13.0. The molecule has 1 fully saturated rings. The van der Waals surface area contributed by atoms with E-state index < -0.39 is 30.0 Å². The van der Waals surface area contributed by atoms with Crippen LogP contribution in [0.1, 0.15) is 90.2 Å². The van der Waals surface area contributed by atoms with Crippen LogP contribution in [-0.2, 0) is 14.0 Å². The highest BCUT2D eigenvalue weighted by molar-refractivity contribution is 6.62. The minimum atomic E-state index is -0.670. The number of benzene rings is 1. The van der Waals surface area contributed by atoms with Crippen LogP contribution in [0, 0.1) is 0 Å². The van der Waals surface area contributed by atoms with Crippen molar-refractivity contribution >= 4 is 24.6 Å². The minimum Gasteiger partial charge on any atom is -0.443 e. The summed E-state index contributed by atoms with van der Waals surface area (Å²) >= 11 is 0. The largest absolute Gasteiger partial charge is 0.494 e. The van der Waals surface area contributed by atoms with Gasteiger partial charge in [0, 0.05) is 5.56 Å². The molecule has 29 heavy (non-hydrogen) atoms. The van der Waals surface area contributed by atoms with Gasteiger partial charge in [-0.05, 0) is 72.0 Å². The summed E-state index contributed by atoms with van der Waals surface area (Å²) in [7, 11) is -0.516. The molecule has 7 heteroatoms. The Labute approximate surface area is 174 Å². The van der Waals surface area contributed by atoms with Crippen molar-refractivity contribution in [2.75, 3.05) is 0 Å². The molecule has 3 rings (SSSR count). The van der Waals surface area contributed by atoms with Crippen LogP contribution in [-0.4, -0.2) is 40.8 Å². The van der Waals surface area contributed by atoms with Crippen molar-refractivity contribution in [3.8, 4) is 0 Å². The van der Waals surface area contributed by atoms with Crippen molar-refractivity contribution in [3.63, 3.8) is 0 Å². The van der Waals surface area contributed by atoms with E-state index in [1.165, 1.54) is 4.90 Å². The van der Waals surface area contributed by atoms with Crippen LogP contribution < -0.4 is 5.46 Å². The lowest BCUT2D eigenvalue weighted by molar-refractivity contribution is 0.00578. The molecular weight excluding hydrogens is 369 g/mol. The highest BCUT2D eigenvalue weighted by atomic mass is 16.7. The summed E-state index contributed by atoms with van der Waals surface area (Å²) in [5, 5.41) is 0. The molecule has 0 saturated carbocycles. The summed E-state index contributed by atoms with van der Waals surface area (Å²) in [5.74, 6) is -0.312. The van der Waals surface area contributed by atoms with Gasteiger partial charge < -0.3 is 14.0 Å². The second-order valence-corrected chi connectivity index (χ2v) is 9.89. The summed E-state index contributed by atoms with van der Waals surface area (Å²) in [5.41, 5.74) is 0.652. The van der Waals surface area contributed by atoms with E-state index in [0.717, 1.165) is 17.4 Å². The number of rotatable bonds is 3. The molecule has 1 atom stereocenters. The Morgan fingerprint density at radius 3 is 2.28 bits per heavy atom. The first-order chi connectivity index (χ1) is 13.3. The zero-order valence-corrected chi connectivity index (χ0v) is 18.8. The zero-order valence-electron chi connectivity index (χ0n) is 18.8. The molecule has 0 aliphatic carbocycles. The van der Waals surface area contributed by atoms with Crippen LogP contribution in [0.3, 0.4) is 0 Å². The van der Waals surface area contributed by atoms with Gasteiger partial charge in [0.1, 0.15) is 5.60 Å².